The van der Waals surface area contributed by atoms with Crippen molar-refractivity contribution in [1.29, 1.82) is 0 Å². The molecular weight excluding hydrogens is 468 g/mol. The third-order valence-corrected chi connectivity index (χ3v) is 6.23. The van der Waals surface area contributed by atoms with Gasteiger partial charge in [0.1, 0.15) is 18.1 Å². The van der Waals surface area contributed by atoms with E-state index in [1.807, 2.05) is 26.0 Å². The number of benzene rings is 2. The number of nitrogens with one attached hydrogen (secondary N) is 1. The molecule has 0 unspecified atom stereocenters. The summed E-state index contributed by atoms with van der Waals surface area (Å²) in [6, 6.07) is 15.7. The van der Waals surface area contributed by atoms with Crippen molar-refractivity contribution in [2.24, 2.45) is 0 Å². The molecule has 3 aromatic rings. The number of esters is 1. The molecule has 1 aromatic heterocycles. The Hall–Kier alpha value is -4.11. The molecule has 0 radical (unpaired) electrons. The van der Waals surface area contributed by atoms with Crippen LogP contribution in [0.3, 0.4) is 0 Å². The quantitative estimate of drug-likeness (QED) is 0.382. The Morgan fingerprint density at radius 2 is 1.80 bits per heavy atom. The Morgan fingerprint density at radius 1 is 1.06 bits per heavy atom. The second kappa shape index (κ2) is 10.0. The second-order valence-corrected chi connectivity index (χ2v) is 8.90. The second-order valence-electron chi connectivity index (χ2n) is 7.91. The van der Waals surface area contributed by atoms with E-state index in [1.54, 1.807) is 42.5 Å². The lowest BCUT2D eigenvalue weighted by Gasteiger charge is -2.12. The number of imide groups is 1. The maximum Gasteiger partial charge on any atom is 0.337 e. The zero-order valence-electron chi connectivity index (χ0n) is 19.3. The smallest absolute Gasteiger partial charge is 0.337 e. The summed E-state index contributed by atoms with van der Waals surface area (Å²) in [6.07, 6.45) is 1.48. The SMILES string of the molecule is COC(=O)c1ccc(-c2ccc(/C=C3/SC(=O)N(CC(=O)Nc4ccc(C)cc4)C3=O)o2)c(C)c1. The predicted molar refractivity (Wildman–Crippen MR) is 133 cm³/mol. The van der Waals surface area contributed by atoms with Crippen molar-refractivity contribution < 1.29 is 28.3 Å². The fraction of sp³-hybridized carbons (Fsp3) is 0.154. The number of anilines is 1. The van der Waals surface area contributed by atoms with Crippen LogP contribution in [0, 0.1) is 13.8 Å². The zero-order valence-corrected chi connectivity index (χ0v) is 20.1. The molecule has 1 aliphatic heterocycles. The van der Waals surface area contributed by atoms with Gasteiger partial charge in [-0.15, -0.1) is 0 Å². The first-order valence-electron chi connectivity index (χ1n) is 10.7. The van der Waals surface area contributed by atoms with Gasteiger partial charge in [0.05, 0.1) is 17.6 Å². The first-order valence-corrected chi connectivity index (χ1v) is 11.5. The summed E-state index contributed by atoms with van der Waals surface area (Å²) >= 11 is 0.750. The predicted octanol–water partition coefficient (Wildman–Crippen LogP) is 5.03. The van der Waals surface area contributed by atoms with Crippen molar-refractivity contribution in [1.82, 2.24) is 4.90 Å². The Labute approximate surface area is 205 Å². The zero-order chi connectivity index (χ0) is 25.1. The minimum Gasteiger partial charge on any atom is -0.465 e. The van der Waals surface area contributed by atoms with Crippen molar-refractivity contribution in [3.8, 4) is 11.3 Å². The molecule has 4 rings (SSSR count). The molecular formula is C26H22N2O6S. The van der Waals surface area contributed by atoms with E-state index in [-0.39, 0.29) is 11.4 Å². The Balaban J connectivity index is 1.46. The third kappa shape index (κ3) is 5.36. The molecule has 0 atom stereocenters. The number of rotatable bonds is 6. The lowest BCUT2D eigenvalue weighted by Crippen LogP contribution is -2.36. The van der Waals surface area contributed by atoms with Crippen LogP contribution in [0.1, 0.15) is 27.2 Å². The molecule has 178 valence electrons. The van der Waals surface area contributed by atoms with E-state index < -0.39 is 23.0 Å². The monoisotopic (exact) mass is 490 g/mol. The number of furan rings is 1. The summed E-state index contributed by atoms with van der Waals surface area (Å²) in [4.78, 5) is 50.3. The molecule has 0 bridgehead atoms. The van der Waals surface area contributed by atoms with Crippen molar-refractivity contribution in [3.63, 3.8) is 0 Å². The summed E-state index contributed by atoms with van der Waals surface area (Å²) in [5, 5.41) is 2.16. The van der Waals surface area contributed by atoms with E-state index in [0.29, 0.717) is 22.8 Å². The number of carbonyl (C=O) groups is 4. The summed E-state index contributed by atoms with van der Waals surface area (Å²) < 4.78 is 10.6. The van der Waals surface area contributed by atoms with Gasteiger partial charge in [-0.05, 0) is 67.6 Å². The summed E-state index contributed by atoms with van der Waals surface area (Å²) in [7, 11) is 1.32. The highest BCUT2D eigenvalue weighted by Crippen LogP contribution is 2.34. The minimum atomic E-state index is -0.560. The third-order valence-electron chi connectivity index (χ3n) is 5.32. The Kier molecular flexibility index (Phi) is 6.88. The first kappa shape index (κ1) is 24.0. The molecule has 2 aromatic carbocycles. The van der Waals surface area contributed by atoms with Crippen LogP contribution in [0.2, 0.25) is 0 Å². The number of hydrogen-bond acceptors (Lipinski definition) is 7. The average molecular weight is 491 g/mol. The van der Waals surface area contributed by atoms with E-state index in [4.69, 9.17) is 9.15 Å². The van der Waals surface area contributed by atoms with Crippen molar-refractivity contribution in [2.45, 2.75) is 13.8 Å². The fourth-order valence-electron chi connectivity index (χ4n) is 3.51. The fourth-order valence-corrected chi connectivity index (χ4v) is 4.33. The molecule has 2 heterocycles. The molecule has 8 nitrogen and oxygen atoms in total. The van der Waals surface area contributed by atoms with Gasteiger partial charge in [-0.1, -0.05) is 23.8 Å². The van der Waals surface area contributed by atoms with Gasteiger partial charge in [0.15, 0.2) is 0 Å². The van der Waals surface area contributed by atoms with Gasteiger partial charge in [-0.3, -0.25) is 19.3 Å². The van der Waals surface area contributed by atoms with Gasteiger partial charge >= 0.3 is 5.97 Å². The maximum atomic E-state index is 12.8. The topological polar surface area (TPSA) is 106 Å². The highest BCUT2D eigenvalue weighted by Gasteiger charge is 2.36. The van der Waals surface area contributed by atoms with Gasteiger partial charge in [0.25, 0.3) is 11.1 Å². The minimum absolute atomic E-state index is 0.164. The van der Waals surface area contributed by atoms with Crippen LogP contribution in [0.4, 0.5) is 10.5 Å². The van der Waals surface area contributed by atoms with Crippen LogP contribution in [0.25, 0.3) is 17.4 Å². The van der Waals surface area contributed by atoms with Crippen molar-refractivity contribution in [3.05, 3.63) is 82.0 Å². The van der Waals surface area contributed by atoms with Gasteiger partial charge in [-0.2, -0.15) is 0 Å². The number of carbonyl (C=O) groups excluding carboxylic acids is 4. The molecule has 1 aliphatic rings. The highest BCUT2D eigenvalue weighted by molar-refractivity contribution is 8.18. The lowest BCUT2D eigenvalue weighted by molar-refractivity contribution is -0.127. The van der Waals surface area contributed by atoms with E-state index in [0.717, 1.165) is 33.4 Å². The van der Waals surface area contributed by atoms with Gasteiger partial charge in [-0.25, -0.2) is 4.79 Å². The summed E-state index contributed by atoms with van der Waals surface area (Å²) in [6.45, 7) is 3.39. The molecule has 0 aliphatic carbocycles. The van der Waals surface area contributed by atoms with E-state index in [1.165, 1.54) is 13.2 Å². The van der Waals surface area contributed by atoms with Crippen LogP contribution < -0.4 is 5.32 Å². The molecule has 9 heteroatoms. The van der Waals surface area contributed by atoms with E-state index >= 15 is 0 Å². The van der Waals surface area contributed by atoms with Crippen LogP contribution in [-0.4, -0.2) is 41.6 Å². The molecule has 1 N–H and O–H groups in total. The number of nitrogens with zero attached hydrogens (tertiary/aromatic N) is 1. The van der Waals surface area contributed by atoms with Crippen LogP contribution in [-0.2, 0) is 14.3 Å². The molecule has 0 spiro atoms. The van der Waals surface area contributed by atoms with Crippen LogP contribution in [0.5, 0.6) is 0 Å². The van der Waals surface area contributed by atoms with Gasteiger partial charge < -0.3 is 14.5 Å². The number of methoxy groups -OCH3 is 1. The number of hydrogen-bond donors (Lipinski definition) is 1. The molecule has 3 amide bonds. The van der Waals surface area contributed by atoms with Crippen molar-refractivity contribution in [2.75, 3.05) is 19.0 Å². The Bertz CT molecular complexity index is 1360. The number of aryl methyl sites for hydroxylation is 2. The molecule has 0 saturated carbocycles. The molecule has 1 fully saturated rings. The highest BCUT2D eigenvalue weighted by atomic mass is 32.2. The van der Waals surface area contributed by atoms with E-state index in [9.17, 15) is 19.2 Å². The molecule has 35 heavy (non-hydrogen) atoms. The van der Waals surface area contributed by atoms with Gasteiger partial charge in [0, 0.05) is 17.3 Å². The Morgan fingerprint density at radius 3 is 2.49 bits per heavy atom. The number of thioether (sulfide) groups is 1. The number of ether oxygens (including phenoxy) is 1. The average Bonchev–Trinajstić information content (AvgIpc) is 3.40. The first-order chi connectivity index (χ1) is 16.7. The van der Waals surface area contributed by atoms with Crippen LogP contribution in [0.15, 0.2) is 63.9 Å². The summed E-state index contributed by atoms with van der Waals surface area (Å²) in [5.41, 5.74) is 3.65. The molecule has 1 saturated heterocycles. The largest absolute Gasteiger partial charge is 0.465 e. The lowest BCUT2D eigenvalue weighted by atomic mass is 10.0. The van der Waals surface area contributed by atoms with E-state index in [2.05, 4.69) is 5.32 Å². The summed E-state index contributed by atoms with van der Waals surface area (Å²) in [5.74, 6) is -0.532. The normalized spacial score (nSPS) is 14.5. The standard InChI is InChI=1S/C26H22N2O6S/c1-15-4-7-18(8-5-15)27-23(29)14-28-24(30)22(35-26(28)32)13-19-9-11-21(34-19)20-10-6-17(12-16(20)2)25(31)33-3/h4-13H,14H2,1-3H3,(H,27,29)/b22-13+. The van der Waals surface area contributed by atoms with Crippen LogP contribution >= 0.6 is 11.8 Å². The number of amides is 3. The van der Waals surface area contributed by atoms with Crippen molar-refractivity contribution >= 4 is 46.5 Å². The maximum absolute atomic E-state index is 12.8. The van der Waals surface area contributed by atoms with Gasteiger partial charge in [0.2, 0.25) is 5.91 Å².